The van der Waals surface area contributed by atoms with Crippen molar-refractivity contribution in [1.29, 1.82) is 0 Å². The average Bonchev–Trinajstić information content (AvgIpc) is 3.30. The molecule has 1 amide bonds. The molecule has 0 radical (unpaired) electrons. The SMILES string of the molecule is C=CC(=O)Nc1cc(Nc2ncc3[nH]cc(-c4cccc(F)c4)c3n2)c(OC)cc1N(C)CCN(C)C. The van der Waals surface area contributed by atoms with E-state index in [1.807, 2.05) is 38.2 Å². The van der Waals surface area contributed by atoms with E-state index in [2.05, 4.69) is 37.1 Å². The number of hydrogen-bond acceptors (Lipinski definition) is 7. The van der Waals surface area contributed by atoms with E-state index in [0.29, 0.717) is 39.7 Å². The Kier molecular flexibility index (Phi) is 7.69. The Morgan fingerprint density at radius 2 is 2.00 bits per heavy atom. The van der Waals surface area contributed by atoms with Gasteiger partial charge in [-0.1, -0.05) is 18.7 Å². The third kappa shape index (κ3) is 5.87. The van der Waals surface area contributed by atoms with Crippen LogP contribution in [0, 0.1) is 5.82 Å². The van der Waals surface area contributed by atoms with Gasteiger partial charge in [-0.05, 0) is 43.9 Å². The normalized spacial score (nSPS) is 11.0. The Morgan fingerprint density at radius 3 is 2.70 bits per heavy atom. The first-order valence-corrected chi connectivity index (χ1v) is 11.7. The van der Waals surface area contributed by atoms with Gasteiger partial charge in [-0.2, -0.15) is 0 Å². The molecule has 2 aromatic carbocycles. The van der Waals surface area contributed by atoms with Crippen molar-refractivity contribution in [2.75, 3.05) is 56.9 Å². The van der Waals surface area contributed by atoms with Crippen LogP contribution >= 0.6 is 0 Å². The van der Waals surface area contributed by atoms with Gasteiger partial charge in [0.25, 0.3) is 0 Å². The number of amides is 1. The van der Waals surface area contributed by atoms with Crippen LogP contribution in [0.25, 0.3) is 22.2 Å². The number of halogens is 1. The third-order valence-corrected chi connectivity index (χ3v) is 5.85. The number of methoxy groups -OCH3 is 1. The van der Waals surface area contributed by atoms with E-state index in [1.165, 1.54) is 18.2 Å². The monoisotopic (exact) mass is 503 g/mol. The highest BCUT2D eigenvalue weighted by Gasteiger charge is 2.17. The smallest absolute Gasteiger partial charge is 0.247 e. The molecule has 4 rings (SSSR count). The van der Waals surface area contributed by atoms with Gasteiger partial charge < -0.3 is 30.2 Å². The molecule has 0 fully saturated rings. The van der Waals surface area contributed by atoms with E-state index >= 15 is 0 Å². The molecule has 0 atom stereocenters. The fourth-order valence-corrected chi connectivity index (χ4v) is 3.87. The number of anilines is 4. The van der Waals surface area contributed by atoms with Crippen molar-refractivity contribution in [3.05, 3.63) is 67.3 Å². The summed E-state index contributed by atoms with van der Waals surface area (Å²) in [5.74, 6) is 0.209. The van der Waals surface area contributed by atoms with Gasteiger partial charge in [0, 0.05) is 38.0 Å². The first-order valence-electron chi connectivity index (χ1n) is 11.7. The van der Waals surface area contributed by atoms with E-state index in [9.17, 15) is 9.18 Å². The minimum absolute atomic E-state index is 0.317. The highest BCUT2D eigenvalue weighted by Crippen LogP contribution is 2.38. The van der Waals surface area contributed by atoms with Crippen LogP contribution < -0.4 is 20.3 Å². The van der Waals surface area contributed by atoms with Gasteiger partial charge in [-0.25, -0.2) is 14.4 Å². The maximum absolute atomic E-state index is 13.8. The number of carbonyl (C=O) groups is 1. The van der Waals surface area contributed by atoms with Crippen molar-refractivity contribution in [2.45, 2.75) is 0 Å². The summed E-state index contributed by atoms with van der Waals surface area (Å²) in [5, 5.41) is 6.08. The molecule has 0 unspecified atom stereocenters. The number of carbonyl (C=O) groups excluding carboxylic acids is 1. The summed E-state index contributed by atoms with van der Waals surface area (Å²) in [6, 6.07) is 9.97. The molecule has 3 N–H and O–H groups in total. The standard InChI is InChI=1S/C27H30FN7O2/c1-6-25(36)31-20-13-21(24(37-5)14-23(20)35(4)11-10-34(2)3)32-27-30-16-22-26(33-27)19(15-29-22)17-8-7-9-18(28)12-17/h6-9,12-16,29H,1,10-11H2,2-5H3,(H,31,36)(H,30,32,33). The predicted octanol–water partition coefficient (Wildman–Crippen LogP) is 4.64. The molecule has 0 aliphatic carbocycles. The number of aromatic nitrogens is 3. The van der Waals surface area contributed by atoms with Gasteiger partial charge in [-0.15, -0.1) is 0 Å². The zero-order valence-corrected chi connectivity index (χ0v) is 21.3. The molecule has 10 heteroatoms. The molecule has 9 nitrogen and oxygen atoms in total. The van der Waals surface area contributed by atoms with Crippen LogP contribution in [-0.4, -0.2) is 67.1 Å². The first-order chi connectivity index (χ1) is 17.8. The van der Waals surface area contributed by atoms with Crippen molar-refractivity contribution in [1.82, 2.24) is 19.9 Å². The summed E-state index contributed by atoms with van der Waals surface area (Å²) in [4.78, 5) is 28.5. The molecule has 192 valence electrons. The van der Waals surface area contributed by atoms with Crippen LogP contribution in [0.15, 0.2) is 61.4 Å². The lowest BCUT2D eigenvalue weighted by Gasteiger charge is -2.25. The summed E-state index contributed by atoms with van der Waals surface area (Å²) in [6.45, 7) is 5.12. The Morgan fingerprint density at radius 1 is 1.19 bits per heavy atom. The molecular formula is C27H30FN7O2. The molecule has 37 heavy (non-hydrogen) atoms. The van der Waals surface area contributed by atoms with Gasteiger partial charge >= 0.3 is 0 Å². The molecule has 0 spiro atoms. The van der Waals surface area contributed by atoms with Crippen molar-refractivity contribution in [3.63, 3.8) is 0 Å². The third-order valence-electron chi connectivity index (χ3n) is 5.85. The van der Waals surface area contributed by atoms with E-state index in [0.717, 1.165) is 24.3 Å². The van der Waals surface area contributed by atoms with Gasteiger partial charge in [0.15, 0.2) is 0 Å². The summed E-state index contributed by atoms with van der Waals surface area (Å²) in [7, 11) is 7.53. The van der Waals surface area contributed by atoms with E-state index in [-0.39, 0.29) is 11.7 Å². The van der Waals surface area contributed by atoms with Crippen LogP contribution in [-0.2, 0) is 4.79 Å². The quantitative estimate of drug-likeness (QED) is 0.271. The van der Waals surface area contributed by atoms with Crippen molar-refractivity contribution in [2.24, 2.45) is 0 Å². The van der Waals surface area contributed by atoms with Crippen molar-refractivity contribution >= 4 is 40.0 Å². The Labute approximate surface area is 215 Å². The predicted molar refractivity (Wildman–Crippen MR) is 146 cm³/mol. The van der Waals surface area contributed by atoms with Crippen LogP contribution in [0.3, 0.4) is 0 Å². The number of ether oxygens (including phenoxy) is 1. The number of aromatic amines is 1. The largest absolute Gasteiger partial charge is 0.494 e. The van der Waals surface area contributed by atoms with E-state index in [1.54, 1.807) is 31.6 Å². The number of benzene rings is 2. The highest BCUT2D eigenvalue weighted by molar-refractivity contribution is 6.02. The van der Waals surface area contributed by atoms with Crippen molar-refractivity contribution < 1.29 is 13.9 Å². The number of fused-ring (bicyclic) bond motifs is 1. The molecule has 0 saturated heterocycles. The molecule has 2 heterocycles. The summed E-state index contributed by atoms with van der Waals surface area (Å²) < 4.78 is 19.5. The minimum atomic E-state index is -0.330. The Hall–Kier alpha value is -4.44. The highest BCUT2D eigenvalue weighted by atomic mass is 19.1. The number of rotatable bonds is 10. The molecule has 0 bridgehead atoms. The zero-order valence-electron chi connectivity index (χ0n) is 21.3. The molecule has 0 aliphatic heterocycles. The fraction of sp³-hybridized carbons (Fsp3) is 0.222. The van der Waals surface area contributed by atoms with Gasteiger partial charge in [0.05, 0.1) is 35.9 Å². The van der Waals surface area contributed by atoms with Crippen molar-refractivity contribution in [3.8, 4) is 16.9 Å². The topological polar surface area (TPSA) is 98.4 Å². The molecular weight excluding hydrogens is 473 g/mol. The minimum Gasteiger partial charge on any atom is -0.494 e. The second kappa shape index (κ2) is 11.1. The summed E-state index contributed by atoms with van der Waals surface area (Å²) in [6.07, 6.45) is 4.65. The Balaban J connectivity index is 1.72. The van der Waals surface area contributed by atoms with Crippen LogP contribution in [0.2, 0.25) is 0 Å². The van der Waals surface area contributed by atoms with Gasteiger partial charge in [0.1, 0.15) is 17.1 Å². The second-order valence-corrected chi connectivity index (χ2v) is 8.78. The lowest BCUT2D eigenvalue weighted by atomic mass is 10.1. The van der Waals surface area contributed by atoms with Crippen LogP contribution in [0.5, 0.6) is 5.75 Å². The first kappa shape index (κ1) is 25.6. The number of nitrogens with one attached hydrogen (secondary N) is 3. The summed E-state index contributed by atoms with van der Waals surface area (Å²) >= 11 is 0. The number of likely N-dealkylation sites (N-methyl/N-ethyl adjacent to an activating group) is 2. The van der Waals surface area contributed by atoms with Gasteiger partial charge in [0.2, 0.25) is 11.9 Å². The number of H-pyrrole nitrogens is 1. The maximum Gasteiger partial charge on any atom is 0.247 e. The molecule has 2 aromatic heterocycles. The lowest BCUT2D eigenvalue weighted by molar-refractivity contribution is -0.111. The molecule has 0 aliphatic rings. The maximum atomic E-state index is 13.8. The second-order valence-electron chi connectivity index (χ2n) is 8.78. The Bertz CT molecular complexity index is 1430. The number of hydrogen-bond donors (Lipinski definition) is 3. The molecule has 0 saturated carbocycles. The van der Waals surface area contributed by atoms with E-state index in [4.69, 9.17) is 4.74 Å². The lowest BCUT2D eigenvalue weighted by Crippen LogP contribution is -2.29. The van der Waals surface area contributed by atoms with Crippen LogP contribution in [0.4, 0.5) is 27.4 Å². The fourth-order valence-electron chi connectivity index (χ4n) is 3.87. The average molecular weight is 504 g/mol. The van der Waals surface area contributed by atoms with E-state index < -0.39 is 0 Å². The van der Waals surface area contributed by atoms with Gasteiger partial charge in [-0.3, -0.25) is 4.79 Å². The molecule has 4 aromatic rings. The van der Waals surface area contributed by atoms with Crippen LogP contribution in [0.1, 0.15) is 0 Å². The number of nitrogens with zero attached hydrogens (tertiary/aromatic N) is 4. The summed E-state index contributed by atoms with van der Waals surface area (Å²) in [5.41, 5.74) is 4.74. The zero-order chi connectivity index (χ0) is 26.5.